The van der Waals surface area contributed by atoms with Crippen molar-refractivity contribution in [1.82, 2.24) is 10.2 Å². The number of hydrogen-bond acceptors (Lipinski definition) is 5. The Morgan fingerprint density at radius 3 is 2.46 bits per heavy atom. The van der Waals surface area contributed by atoms with E-state index in [-0.39, 0.29) is 10.8 Å². The number of ether oxygens (including phenoxy) is 1. The van der Waals surface area contributed by atoms with Crippen LogP contribution in [-0.2, 0) is 27.7 Å². The summed E-state index contributed by atoms with van der Waals surface area (Å²) in [6, 6.07) is 12.7. The third-order valence-corrected chi connectivity index (χ3v) is 6.05. The van der Waals surface area contributed by atoms with Crippen molar-refractivity contribution in [2.45, 2.75) is 24.9 Å². The van der Waals surface area contributed by atoms with E-state index in [2.05, 4.69) is 16.3 Å². The van der Waals surface area contributed by atoms with Gasteiger partial charge in [0, 0.05) is 38.0 Å². The van der Waals surface area contributed by atoms with Crippen LogP contribution in [0.15, 0.2) is 47.4 Å². The van der Waals surface area contributed by atoms with Crippen molar-refractivity contribution in [3.63, 3.8) is 0 Å². The largest absolute Gasteiger partial charge is 0.379 e. The second-order valence-electron chi connectivity index (χ2n) is 7.09. The molecule has 6 nitrogen and oxygen atoms in total. The summed E-state index contributed by atoms with van der Waals surface area (Å²) in [6.45, 7) is 6.30. The second kappa shape index (κ2) is 8.86. The summed E-state index contributed by atoms with van der Waals surface area (Å²) in [5.41, 5.74) is 3.35. The molecule has 0 atom stereocenters. The zero-order chi connectivity index (χ0) is 20.1. The van der Waals surface area contributed by atoms with Crippen molar-refractivity contribution < 1.29 is 17.9 Å². The quantitative estimate of drug-likeness (QED) is 0.801. The molecule has 2 aromatic carbocycles. The van der Waals surface area contributed by atoms with Gasteiger partial charge in [-0.05, 0) is 35.7 Å². The van der Waals surface area contributed by atoms with Gasteiger partial charge in [-0.15, -0.1) is 0 Å². The molecule has 1 saturated heterocycles. The highest BCUT2D eigenvalue weighted by molar-refractivity contribution is 7.90. The zero-order valence-corrected chi connectivity index (χ0v) is 17.1. The third kappa shape index (κ3) is 5.19. The van der Waals surface area contributed by atoms with E-state index in [9.17, 15) is 13.2 Å². The molecule has 1 aliphatic heterocycles. The second-order valence-corrected chi connectivity index (χ2v) is 9.10. The molecule has 1 fully saturated rings. The first-order chi connectivity index (χ1) is 13.3. The van der Waals surface area contributed by atoms with Crippen LogP contribution in [-0.4, -0.2) is 51.8 Å². The topological polar surface area (TPSA) is 75.7 Å². The number of amides is 1. The van der Waals surface area contributed by atoms with E-state index >= 15 is 0 Å². The Bertz CT molecular complexity index is 951. The summed E-state index contributed by atoms with van der Waals surface area (Å²) in [4.78, 5) is 15.2. The molecule has 0 radical (unpaired) electrons. The zero-order valence-electron chi connectivity index (χ0n) is 16.3. The fourth-order valence-corrected chi connectivity index (χ4v) is 3.88. The maximum atomic E-state index is 12.7. The SMILES string of the molecule is Cc1ccc(S(C)(=O)=O)cc1C(=O)NCc1ccccc1CN1CCOCC1. The number of aryl methyl sites for hydroxylation is 1. The molecule has 1 heterocycles. The number of morpholine rings is 1. The standard InChI is InChI=1S/C21H26N2O4S/c1-16-7-8-19(28(2,25)26)13-20(16)21(24)22-14-17-5-3-4-6-18(17)15-23-9-11-27-12-10-23/h3-8,13H,9-12,14-15H2,1-2H3,(H,22,24). The Morgan fingerprint density at radius 1 is 1.11 bits per heavy atom. The fraction of sp³-hybridized carbons (Fsp3) is 0.381. The molecule has 0 unspecified atom stereocenters. The van der Waals surface area contributed by atoms with E-state index in [1.165, 1.54) is 17.7 Å². The summed E-state index contributed by atoms with van der Waals surface area (Å²) in [7, 11) is -3.36. The number of benzene rings is 2. The minimum absolute atomic E-state index is 0.149. The molecule has 1 aliphatic rings. The van der Waals surface area contributed by atoms with Gasteiger partial charge >= 0.3 is 0 Å². The Balaban J connectivity index is 1.71. The number of nitrogens with one attached hydrogen (secondary N) is 1. The Labute approximate surface area is 166 Å². The van der Waals surface area contributed by atoms with Crippen molar-refractivity contribution >= 4 is 15.7 Å². The smallest absolute Gasteiger partial charge is 0.251 e. The maximum Gasteiger partial charge on any atom is 0.251 e. The van der Waals surface area contributed by atoms with E-state index < -0.39 is 9.84 Å². The van der Waals surface area contributed by atoms with Crippen LogP contribution in [0.1, 0.15) is 27.0 Å². The number of hydrogen-bond donors (Lipinski definition) is 1. The Kier molecular flexibility index (Phi) is 6.49. The lowest BCUT2D eigenvalue weighted by Crippen LogP contribution is -2.36. The molecule has 2 aromatic rings. The summed E-state index contributed by atoms with van der Waals surface area (Å²) in [5.74, 6) is -0.274. The van der Waals surface area contributed by atoms with Crippen molar-refractivity contribution in [3.05, 3.63) is 64.7 Å². The predicted octanol–water partition coefficient (Wildman–Crippen LogP) is 2.16. The van der Waals surface area contributed by atoms with Gasteiger partial charge in [0.25, 0.3) is 5.91 Å². The van der Waals surface area contributed by atoms with Crippen LogP contribution in [0.25, 0.3) is 0 Å². The Morgan fingerprint density at radius 2 is 1.79 bits per heavy atom. The van der Waals surface area contributed by atoms with Crippen LogP contribution in [0.5, 0.6) is 0 Å². The van der Waals surface area contributed by atoms with Gasteiger partial charge in [-0.2, -0.15) is 0 Å². The average Bonchev–Trinajstić information content (AvgIpc) is 2.67. The molecule has 0 aromatic heterocycles. The summed E-state index contributed by atoms with van der Waals surface area (Å²) in [5, 5.41) is 2.94. The molecule has 0 saturated carbocycles. The molecule has 28 heavy (non-hydrogen) atoms. The summed E-state index contributed by atoms with van der Waals surface area (Å²) in [6.07, 6.45) is 1.14. The van der Waals surface area contributed by atoms with Crippen LogP contribution < -0.4 is 5.32 Å². The average molecular weight is 403 g/mol. The van der Waals surface area contributed by atoms with E-state index in [0.29, 0.717) is 12.1 Å². The lowest BCUT2D eigenvalue weighted by atomic mass is 10.1. The van der Waals surface area contributed by atoms with Crippen LogP contribution in [0, 0.1) is 6.92 Å². The van der Waals surface area contributed by atoms with Crippen molar-refractivity contribution in [2.24, 2.45) is 0 Å². The van der Waals surface area contributed by atoms with Crippen LogP contribution in [0.4, 0.5) is 0 Å². The van der Waals surface area contributed by atoms with Crippen LogP contribution in [0.3, 0.4) is 0 Å². The molecule has 1 N–H and O–H groups in total. The van der Waals surface area contributed by atoms with Gasteiger partial charge in [-0.25, -0.2) is 8.42 Å². The number of sulfone groups is 1. The van der Waals surface area contributed by atoms with Gasteiger partial charge in [-0.3, -0.25) is 9.69 Å². The minimum Gasteiger partial charge on any atom is -0.379 e. The van der Waals surface area contributed by atoms with E-state index in [1.807, 2.05) is 18.2 Å². The van der Waals surface area contributed by atoms with Crippen molar-refractivity contribution in [3.8, 4) is 0 Å². The van der Waals surface area contributed by atoms with Crippen molar-refractivity contribution in [2.75, 3.05) is 32.6 Å². The molecule has 3 rings (SSSR count). The Hall–Kier alpha value is -2.22. The molecule has 0 spiro atoms. The molecular weight excluding hydrogens is 376 g/mol. The first-order valence-corrected chi connectivity index (χ1v) is 11.2. The maximum absolute atomic E-state index is 12.7. The molecule has 7 heteroatoms. The molecular formula is C21H26N2O4S. The highest BCUT2D eigenvalue weighted by atomic mass is 32.2. The number of nitrogens with zero attached hydrogens (tertiary/aromatic N) is 1. The lowest BCUT2D eigenvalue weighted by Gasteiger charge is -2.27. The lowest BCUT2D eigenvalue weighted by molar-refractivity contribution is 0.0340. The minimum atomic E-state index is -3.36. The van der Waals surface area contributed by atoms with Crippen LogP contribution in [0.2, 0.25) is 0 Å². The predicted molar refractivity (Wildman–Crippen MR) is 108 cm³/mol. The highest BCUT2D eigenvalue weighted by Crippen LogP contribution is 2.17. The normalized spacial score (nSPS) is 15.4. The van der Waals surface area contributed by atoms with E-state index in [4.69, 9.17) is 4.74 Å². The van der Waals surface area contributed by atoms with Gasteiger partial charge in [0.05, 0.1) is 18.1 Å². The monoisotopic (exact) mass is 402 g/mol. The van der Waals surface area contributed by atoms with Crippen LogP contribution >= 0.6 is 0 Å². The first-order valence-electron chi connectivity index (χ1n) is 9.30. The molecule has 1 amide bonds. The highest BCUT2D eigenvalue weighted by Gasteiger charge is 2.16. The van der Waals surface area contributed by atoms with Gasteiger partial charge in [0.2, 0.25) is 0 Å². The van der Waals surface area contributed by atoms with Gasteiger partial charge < -0.3 is 10.1 Å². The number of carbonyl (C=O) groups excluding carboxylic acids is 1. The van der Waals surface area contributed by atoms with Gasteiger partial charge in [0.1, 0.15) is 0 Å². The molecule has 150 valence electrons. The third-order valence-electron chi connectivity index (χ3n) is 4.94. The first kappa shape index (κ1) is 20.5. The summed E-state index contributed by atoms with van der Waals surface area (Å²) < 4.78 is 29.0. The molecule has 0 aliphatic carbocycles. The van der Waals surface area contributed by atoms with Gasteiger partial charge in [0.15, 0.2) is 9.84 Å². The molecule has 0 bridgehead atoms. The van der Waals surface area contributed by atoms with E-state index in [0.717, 1.165) is 50.2 Å². The summed E-state index contributed by atoms with van der Waals surface area (Å²) >= 11 is 0. The van der Waals surface area contributed by atoms with Gasteiger partial charge in [-0.1, -0.05) is 30.3 Å². The number of carbonyl (C=O) groups is 1. The fourth-order valence-electron chi connectivity index (χ4n) is 3.23. The van der Waals surface area contributed by atoms with Crippen molar-refractivity contribution in [1.29, 1.82) is 0 Å². The number of rotatable bonds is 6. The van der Waals surface area contributed by atoms with E-state index in [1.54, 1.807) is 13.0 Å².